The molecule has 0 radical (unpaired) electrons. The van der Waals surface area contributed by atoms with Crippen LogP contribution in [0.1, 0.15) is 33.1 Å². The number of hydrogen-bond donors (Lipinski definition) is 0. The van der Waals surface area contributed by atoms with E-state index in [-0.39, 0.29) is 11.8 Å². The van der Waals surface area contributed by atoms with E-state index in [1.807, 2.05) is 0 Å². The van der Waals surface area contributed by atoms with Gasteiger partial charge in [-0.2, -0.15) is 0 Å². The highest BCUT2D eigenvalue weighted by Crippen LogP contribution is 2.60. The molecule has 1 aliphatic heterocycles. The molecule has 1 saturated carbocycles. The maximum atomic E-state index is 13.3. The summed E-state index contributed by atoms with van der Waals surface area (Å²) in [6.45, 7) is 4.69. The molecule has 2 unspecified atom stereocenters. The van der Waals surface area contributed by atoms with Crippen molar-refractivity contribution in [2.24, 2.45) is 17.3 Å². The first-order valence-electron chi connectivity index (χ1n) is 5.42. The van der Waals surface area contributed by atoms with Crippen LogP contribution in [-0.4, -0.2) is 19.1 Å². The van der Waals surface area contributed by atoms with Crippen molar-refractivity contribution in [3.63, 3.8) is 0 Å². The molecule has 1 aliphatic carbocycles. The van der Waals surface area contributed by atoms with Crippen LogP contribution in [0.25, 0.3) is 0 Å². The summed E-state index contributed by atoms with van der Waals surface area (Å²) in [6, 6.07) is 0. The van der Waals surface area contributed by atoms with Gasteiger partial charge in [-0.25, -0.2) is 8.78 Å². The molecule has 0 aromatic rings. The van der Waals surface area contributed by atoms with Gasteiger partial charge in [-0.3, -0.25) is 0 Å². The molecule has 1 nitrogen and oxygen atoms in total. The maximum absolute atomic E-state index is 13.3. The van der Waals surface area contributed by atoms with Crippen molar-refractivity contribution >= 4 is 0 Å². The summed E-state index contributed by atoms with van der Waals surface area (Å²) in [7, 11) is 0. The predicted molar refractivity (Wildman–Crippen MR) is 50.4 cm³/mol. The zero-order chi connectivity index (χ0) is 10.4. The van der Waals surface area contributed by atoms with Crippen LogP contribution in [0, 0.1) is 17.3 Å². The molecular formula is C11H18F2O. The Morgan fingerprint density at radius 3 is 2.64 bits per heavy atom. The summed E-state index contributed by atoms with van der Waals surface area (Å²) in [4.78, 5) is 0. The van der Waals surface area contributed by atoms with Crippen molar-refractivity contribution in [2.75, 3.05) is 13.2 Å². The van der Waals surface area contributed by atoms with E-state index >= 15 is 0 Å². The van der Waals surface area contributed by atoms with Crippen molar-refractivity contribution < 1.29 is 13.5 Å². The summed E-state index contributed by atoms with van der Waals surface area (Å²) in [6.07, 6.45) is 1.79. The zero-order valence-corrected chi connectivity index (χ0v) is 8.85. The lowest BCUT2D eigenvalue weighted by molar-refractivity contribution is -0.0587. The minimum Gasteiger partial charge on any atom is -0.381 e. The van der Waals surface area contributed by atoms with E-state index in [4.69, 9.17) is 4.74 Å². The van der Waals surface area contributed by atoms with Crippen molar-refractivity contribution in [1.82, 2.24) is 0 Å². The third kappa shape index (κ3) is 1.67. The van der Waals surface area contributed by atoms with Gasteiger partial charge in [-0.15, -0.1) is 0 Å². The van der Waals surface area contributed by atoms with Crippen molar-refractivity contribution in [3.8, 4) is 0 Å². The van der Waals surface area contributed by atoms with Gasteiger partial charge in [0.2, 0.25) is 5.92 Å². The van der Waals surface area contributed by atoms with Crippen LogP contribution in [0.15, 0.2) is 0 Å². The lowest BCUT2D eigenvalue weighted by Crippen LogP contribution is -2.25. The highest BCUT2D eigenvalue weighted by molar-refractivity contribution is 5.06. The van der Waals surface area contributed by atoms with Crippen molar-refractivity contribution in [1.29, 1.82) is 0 Å². The summed E-state index contributed by atoms with van der Waals surface area (Å²) < 4.78 is 32.0. The molecule has 2 fully saturated rings. The monoisotopic (exact) mass is 204 g/mol. The van der Waals surface area contributed by atoms with Crippen molar-refractivity contribution in [3.05, 3.63) is 0 Å². The van der Waals surface area contributed by atoms with E-state index in [1.54, 1.807) is 13.8 Å². The largest absolute Gasteiger partial charge is 0.381 e. The number of ether oxygens (including phenoxy) is 1. The van der Waals surface area contributed by atoms with Gasteiger partial charge in [0, 0.05) is 12.3 Å². The smallest absolute Gasteiger partial charge is 0.250 e. The van der Waals surface area contributed by atoms with Crippen LogP contribution in [0.3, 0.4) is 0 Å². The average molecular weight is 204 g/mol. The molecule has 2 atom stereocenters. The highest BCUT2D eigenvalue weighted by atomic mass is 19.3. The number of halogens is 2. The Bertz CT molecular complexity index is 223. The van der Waals surface area contributed by atoms with Gasteiger partial charge in [0.1, 0.15) is 0 Å². The second kappa shape index (κ2) is 3.16. The third-order valence-electron chi connectivity index (χ3n) is 3.87. The van der Waals surface area contributed by atoms with Crippen LogP contribution in [-0.2, 0) is 4.74 Å². The molecule has 0 N–H and O–H groups in total. The molecular weight excluding hydrogens is 186 g/mol. The third-order valence-corrected chi connectivity index (χ3v) is 3.87. The summed E-state index contributed by atoms with van der Waals surface area (Å²) >= 11 is 0. The van der Waals surface area contributed by atoms with E-state index in [2.05, 4.69) is 0 Å². The fourth-order valence-corrected chi connectivity index (χ4v) is 2.33. The second-order valence-electron chi connectivity index (χ2n) is 5.19. The molecule has 0 aromatic carbocycles. The van der Waals surface area contributed by atoms with E-state index in [0.29, 0.717) is 18.9 Å². The van der Waals surface area contributed by atoms with E-state index < -0.39 is 11.8 Å². The molecule has 82 valence electrons. The van der Waals surface area contributed by atoms with Crippen LogP contribution < -0.4 is 0 Å². The molecule has 2 rings (SSSR count). The first kappa shape index (κ1) is 10.3. The molecule has 1 saturated heterocycles. The Labute approximate surface area is 83.8 Å². The SMILES string of the molecule is CC(C)C(F)(F)CCC12COCC1C2. The molecule has 0 amide bonds. The first-order chi connectivity index (χ1) is 6.46. The molecule has 0 aromatic heterocycles. The quantitative estimate of drug-likeness (QED) is 0.683. The highest BCUT2D eigenvalue weighted by Gasteiger charge is 2.58. The normalized spacial score (nSPS) is 36.2. The maximum Gasteiger partial charge on any atom is 0.250 e. The lowest BCUT2D eigenvalue weighted by Gasteiger charge is -2.22. The van der Waals surface area contributed by atoms with Crippen LogP contribution >= 0.6 is 0 Å². The second-order valence-corrected chi connectivity index (χ2v) is 5.19. The Kier molecular flexibility index (Phi) is 2.33. The number of rotatable bonds is 4. The van der Waals surface area contributed by atoms with Crippen LogP contribution in [0.4, 0.5) is 8.78 Å². The molecule has 2 aliphatic rings. The van der Waals surface area contributed by atoms with E-state index in [0.717, 1.165) is 13.0 Å². The van der Waals surface area contributed by atoms with Gasteiger partial charge in [-0.1, -0.05) is 13.8 Å². The molecule has 0 spiro atoms. The summed E-state index contributed by atoms with van der Waals surface area (Å²) in [5, 5.41) is 0. The number of hydrogen-bond acceptors (Lipinski definition) is 1. The summed E-state index contributed by atoms with van der Waals surface area (Å²) in [5.41, 5.74) is 0.151. The molecule has 14 heavy (non-hydrogen) atoms. The van der Waals surface area contributed by atoms with Crippen LogP contribution in [0.2, 0.25) is 0 Å². The fraction of sp³-hybridized carbons (Fsp3) is 1.00. The Morgan fingerprint density at radius 1 is 1.50 bits per heavy atom. The molecule has 3 heteroatoms. The van der Waals surface area contributed by atoms with Gasteiger partial charge in [-0.05, 0) is 24.2 Å². The van der Waals surface area contributed by atoms with Crippen LogP contribution in [0.5, 0.6) is 0 Å². The molecule has 1 heterocycles. The summed E-state index contributed by atoms with van der Waals surface area (Å²) in [5.74, 6) is -2.45. The zero-order valence-electron chi connectivity index (χ0n) is 8.85. The van der Waals surface area contributed by atoms with Gasteiger partial charge in [0.25, 0.3) is 0 Å². The lowest BCUT2D eigenvalue weighted by atomic mass is 9.93. The number of fused-ring (bicyclic) bond motifs is 1. The standard InChI is InChI=1S/C11H18F2O/c1-8(2)11(12,13)4-3-10-5-9(10)6-14-7-10/h8-9H,3-7H2,1-2H3. The van der Waals surface area contributed by atoms with Gasteiger partial charge < -0.3 is 4.74 Å². The van der Waals surface area contributed by atoms with E-state index in [9.17, 15) is 8.78 Å². The number of alkyl halides is 2. The van der Waals surface area contributed by atoms with Gasteiger partial charge in [0.05, 0.1) is 13.2 Å². The fourth-order valence-electron chi connectivity index (χ4n) is 2.33. The average Bonchev–Trinajstić information content (AvgIpc) is 2.66. The molecule has 0 bridgehead atoms. The van der Waals surface area contributed by atoms with Gasteiger partial charge >= 0.3 is 0 Å². The Balaban J connectivity index is 1.83. The van der Waals surface area contributed by atoms with E-state index in [1.165, 1.54) is 0 Å². The predicted octanol–water partition coefficient (Wildman–Crippen LogP) is 3.09. The van der Waals surface area contributed by atoms with Crippen molar-refractivity contribution in [2.45, 2.75) is 39.0 Å². The topological polar surface area (TPSA) is 9.23 Å². The van der Waals surface area contributed by atoms with Gasteiger partial charge in [0.15, 0.2) is 0 Å². The Morgan fingerprint density at radius 2 is 2.21 bits per heavy atom. The minimum absolute atomic E-state index is 0.0323. The minimum atomic E-state index is -2.50. The Hall–Kier alpha value is -0.180. The first-order valence-corrected chi connectivity index (χ1v) is 5.42.